The summed E-state index contributed by atoms with van der Waals surface area (Å²) in [5.41, 5.74) is 7.00. The predicted octanol–water partition coefficient (Wildman–Crippen LogP) is 3.86. The summed E-state index contributed by atoms with van der Waals surface area (Å²) in [6.45, 7) is 0.0181. The van der Waals surface area contributed by atoms with Crippen LogP contribution in [0.25, 0.3) is 0 Å². The van der Waals surface area contributed by atoms with Crippen LogP contribution < -0.4 is 15.2 Å². The van der Waals surface area contributed by atoms with Gasteiger partial charge in [0.2, 0.25) is 5.88 Å². The zero-order valence-electron chi connectivity index (χ0n) is 14.6. The third-order valence-electron chi connectivity index (χ3n) is 3.62. The first kappa shape index (κ1) is 18.2. The molecule has 138 valence electrons. The SMILES string of the molecule is COc1ccc(F)cc1CO/N=C(/N)c1ccc(Oc2ccccc2)nc1. The van der Waals surface area contributed by atoms with Crippen LogP contribution in [0.15, 0.2) is 72.0 Å². The Bertz CT molecular complexity index is 916. The third kappa shape index (κ3) is 4.94. The lowest BCUT2D eigenvalue weighted by molar-refractivity contribution is 0.128. The summed E-state index contributed by atoms with van der Waals surface area (Å²) >= 11 is 0. The van der Waals surface area contributed by atoms with Gasteiger partial charge < -0.3 is 20.0 Å². The number of aromatic nitrogens is 1. The van der Waals surface area contributed by atoms with Crippen LogP contribution in [0, 0.1) is 5.82 Å². The van der Waals surface area contributed by atoms with E-state index in [-0.39, 0.29) is 18.3 Å². The molecule has 0 aliphatic rings. The zero-order chi connectivity index (χ0) is 19.1. The van der Waals surface area contributed by atoms with Crippen LogP contribution in [0.4, 0.5) is 4.39 Å². The molecule has 0 bridgehead atoms. The molecule has 0 unspecified atom stereocenters. The Morgan fingerprint density at radius 2 is 1.93 bits per heavy atom. The molecular weight excluding hydrogens is 349 g/mol. The minimum absolute atomic E-state index is 0.0181. The maximum atomic E-state index is 13.3. The lowest BCUT2D eigenvalue weighted by atomic mass is 10.2. The summed E-state index contributed by atoms with van der Waals surface area (Å²) < 4.78 is 24.1. The standard InChI is InChI=1S/C20H18FN3O3/c1-25-18-9-8-16(21)11-15(18)13-26-24-20(22)14-7-10-19(23-12-14)27-17-5-3-2-4-6-17/h2-12H,13H2,1H3,(H2,22,24). The fraction of sp³-hybridized carbons (Fsp3) is 0.100. The lowest BCUT2D eigenvalue weighted by Crippen LogP contribution is -2.14. The zero-order valence-corrected chi connectivity index (χ0v) is 14.6. The van der Waals surface area contributed by atoms with Gasteiger partial charge in [-0.3, -0.25) is 0 Å². The number of amidine groups is 1. The van der Waals surface area contributed by atoms with Gasteiger partial charge in [-0.25, -0.2) is 9.37 Å². The Balaban J connectivity index is 1.62. The molecule has 0 fully saturated rings. The number of para-hydroxylation sites is 1. The van der Waals surface area contributed by atoms with Gasteiger partial charge in [0.05, 0.1) is 7.11 Å². The van der Waals surface area contributed by atoms with E-state index in [0.29, 0.717) is 28.5 Å². The van der Waals surface area contributed by atoms with Gasteiger partial charge in [-0.2, -0.15) is 0 Å². The Hall–Kier alpha value is -3.61. The van der Waals surface area contributed by atoms with Crippen LogP contribution in [-0.2, 0) is 11.4 Å². The van der Waals surface area contributed by atoms with Crippen molar-refractivity contribution in [1.29, 1.82) is 0 Å². The van der Waals surface area contributed by atoms with Crippen molar-refractivity contribution in [2.24, 2.45) is 10.9 Å². The topological polar surface area (TPSA) is 79.0 Å². The van der Waals surface area contributed by atoms with E-state index in [9.17, 15) is 4.39 Å². The molecule has 7 heteroatoms. The second kappa shape index (κ2) is 8.66. The first-order valence-electron chi connectivity index (χ1n) is 8.13. The summed E-state index contributed by atoms with van der Waals surface area (Å²) in [6, 6.07) is 16.9. The van der Waals surface area contributed by atoms with Crippen molar-refractivity contribution in [3.63, 3.8) is 0 Å². The van der Waals surface area contributed by atoms with E-state index in [1.165, 1.54) is 31.5 Å². The highest BCUT2D eigenvalue weighted by Gasteiger charge is 2.06. The van der Waals surface area contributed by atoms with Gasteiger partial charge in [-0.1, -0.05) is 23.4 Å². The number of nitrogens with two attached hydrogens (primary N) is 1. The van der Waals surface area contributed by atoms with Crippen LogP contribution >= 0.6 is 0 Å². The van der Waals surface area contributed by atoms with Crippen LogP contribution in [0.2, 0.25) is 0 Å². The monoisotopic (exact) mass is 367 g/mol. The fourth-order valence-electron chi connectivity index (χ4n) is 2.29. The van der Waals surface area contributed by atoms with Gasteiger partial charge in [0.15, 0.2) is 5.84 Å². The predicted molar refractivity (Wildman–Crippen MR) is 99.2 cm³/mol. The van der Waals surface area contributed by atoms with E-state index in [4.69, 9.17) is 20.0 Å². The molecule has 0 saturated heterocycles. The number of oxime groups is 1. The molecule has 27 heavy (non-hydrogen) atoms. The number of hydrogen-bond donors (Lipinski definition) is 1. The van der Waals surface area contributed by atoms with Crippen molar-refractivity contribution in [1.82, 2.24) is 4.98 Å². The number of benzene rings is 2. The van der Waals surface area contributed by atoms with E-state index in [2.05, 4.69) is 10.1 Å². The normalized spacial score (nSPS) is 11.1. The molecule has 6 nitrogen and oxygen atoms in total. The van der Waals surface area contributed by atoms with Gasteiger partial charge in [-0.15, -0.1) is 0 Å². The summed E-state index contributed by atoms with van der Waals surface area (Å²) in [4.78, 5) is 9.41. The number of ether oxygens (including phenoxy) is 2. The van der Waals surface area contributed by atoms with Crippen molar-refractivity contribution < 1.29 is 18.7 Å². The van der Waals surface area contributed by atoms with Crippen LogP contribution in [0.3, 0.4) is 0 Å². The van der Waals surface area contributed by atoms with E-state index >= 15 is 0 Å². The highest BCUT2D eigenvalue weighted by atomic mass is 19.1. The number of methoxy groups -OCH3 is 1. The second-order valence-electron chi connectivity index (χ2n) is 5.51. The van der Waals surface area contributed by atoms with Crippen LogP contribution in [0.5, 0.6) is 17.4 Å². The molecule has 0 atom stereocenters. The second-order valence-corrected chi connectivity index (χ2v) is 5.51. The third-order valence-corrected chi connectivity index (χ3v) is 3.62. The fourth-order valence-corrected chi connectivity index (χ4v) is 2.29. The number of halogens is 1. The maximum Gasteiger partial charge on any atom is 0.219 e. The molecule has 1 aromatic heterocycles. The quantitative estimate of drug-likeness (QED) is 0.390. The largest absolute Gasteiger partial charge is 0.496 e. The molecular formula is C20H18FN3O3. The highest BCUT2D eigenvalue weighted by Crippen LogP contribution is 2.21. The maximum absolute atomic E-state index is 13.3. The molecule has 0 aliphatic carbocycles. The van der Waals surface area contributed by atoms with Crippen LogP contribution in [0.1, 0.15) is 11.1 Å². The Morgan fingerprint density at radius 1 is 1.11 bits per heavy atom. The van der Waals surface area contributed by atoms with E-state index < -0.39 is 0 Å². The van der Waals surface area contributed by atoms with Crippen molar-refractivity contribution in [3.05, 3.63) is 83.8 Å². The molecule has 1 heterocycles. The molecule has 2 N–H and O–H groups in total. The van der Waals surface area contributed by atoms with Crippen molar-refractivity contribution in [2.45, 2.75) is 6.61 Å². The van der Waals surface area contributed by atoms with Gasteiger partial charge >= 0.3 is 0 Å². The van der Waals surface area contributed by atoms with Gasteiger partial charge in [0.25, 0.3) is 0 Å². The first-order chi connectivity index (χ1) is 13.2. The molecule has 3 rings (SSSR count). The minimum Gasteiger partial charge on any atom is -0.496 e. The Morgan fingerprint density at radius 3 is 2.63 bits per heavy atom. The average molecular weight is 367 g/mol. The average Bonchev–Trinajstić information content (AvgIpc) is 2.69. The smallest absolute Gasteiger partial charge is 0.219 e. The molecule has 0 saturated carbocycles. The summed E-state index contributed by atoms with van der Waals surface area (Å²) in [5.74, 6) is 1.39. The summed E-state index contributed by atoms with van der Waals surface area (Å²) in [5, 5.41) is 3.84. The van der Waals surface area contributed by atoms with Gasteiger partial charge in [-0.05, 0) is 36.4 Å². The van der Waals surface area contributed by atoms with Gasteiger partial charge in [0.1, 0.15) is 23.9 Å². The van der Waals surface area contributed by atoms with E-state index in [1.807, 2.05) is 30.3 Å². The number of nitrogens with zero attached hydrogens (tertiary/aromatic N) is 2. The Kier molecular flexibility index (Phi) is 5.84. The highest BCUT2D eigenvalue weighted by molar-refractivity contribution is 5.96. The Labute approximate surface area is 156 Å². The number of hydrogen-bond acceptors (Lipinski definition) is 5. The lowest BCUT2D eigenvalue weighted by Gasteiger charge is -2.08. The molecule has 2 aromatic carbocycles. The molecule has 0 spiro atoms. The van der Waals surface area contributed by atoms with E-state index in [0.717, 1.165) is 0 Å². The van der Waals surface area contributed by atoms with Crippen molar-refractivity contribution in [2.75, 3.05) is 7.11 Å². The van der Waals surface area contributed by atoms with Crippen molar-refractivity contribution in [3.8, 4) is 17.4 Å². The molecule has 0 amide bonds. The molecule has 3 aromatic rings. The molecule has 0 aliphatic heterocycles. The van der Waals surface area contributed by atoms with Gasteiger partial charge in [0, 0.05) is 23.4 Å². The summed E-state index contributed by atoms with van der Waals surface area (Å²) in [6.07, 6.45) is 1.53. The summed E-state index contributed by atoms with van der Waals surface area (Å²) in [7, 11) is 1.50. The van der Waals surface area contributed by atoms with Crippen LogP contribution in [-0.4, -0.2) is 17.9 Å². The first-order valence-corrected chi connectivity index (χ1v) is 8.13. The number of pyridine rings is 1. The number of rotatable bonds is 7. The van der Waals surface area contributed by atoms with Crippen molar-refractivity contribution >= 4 is 5.84 Å². The van der Waals surface area contributed by atoms with E-state index in [1.54, 1.807) is 12.1 Å². The minimum atomic E-state index is -0.385. The molecule has 0 radical (unpaired) electrons.